The Kier molecular flexibility index (Phi) is 2.40. The minimum atomic E-state index is -1.44. The highest BCUT2D eigenvalue weighted by Crippen LogP contribution is 2.37. The fraction of sp³-hybridized carbons (Fsp3) is 0.214. The smallest absolute Gasteiger partial charge is 0.370 e. The summed E-state index contributed by atoms with van der Waals surface area (Å²) in [6.07, 6.45) is 0. The third-order valence-corrected chi connectivity index (χ3v) is 3.12. The number of cyclic esters (lactones) is 1. The van der Waals surface area contributed by atoms with E-state index in [1.807, 2.05) is 0 Å². The van der Waals surface area contributed by atoms with Crippen molar-refractivity contribution in [1.82, 2.24) is 0 Å². The van der Waals surface area contributed by atoms with Gasteiger partial charge < -0.3 is 19.3 Å². The highest BCUT2D eigenvalue weighted by atomic mass is 16.9. The highest BCUT2D eigenvalue weighted by molar-refractivity contribution is 6.00. The molecule has 0 aliphatic carbocycles. The van der Waals surface area contributed by atoms with E-state index in [-0.39, 0.29) is 5.75 Å². The van der Waals surface area contributed by atoms with Gasteiger partial charge >= 0.3 is 11.9 Å². The molecule has 19 heavy (non-hydrogen) atoms. The number of ether oxygens (including phenoxy) is 3. The monoisotopic (exact) mass is 260 g/mol. The molecule has 1 unspecified atom stereocenters. The molecular weight excluding hydrogens is 248 g/mol. The molecule has 0 amide bonds. The van der Waals surface area contributed by atoms with Crippen molar-refractivity contribution >= 4 is 16.7 Å². The predicted octanol–water partition coefficient (Wildman–Crippen LogP) is 2.41. The number of hydrogen-bond acceptors (Lipinski definition) is 5. The lowest BCUT2D eigenvalue weighted by Gasteiger charge is -2.32. The van der Waals surface area contributed by atoms with Gasteiger partial charge in [0.1, 0.15) is 17.1 Å². The van der Waals surface area contributed by atoms with Crippen molar-refractivity contribution in [3.8, 4) is 11.5 Å². The molecule has 3 rings (SSSR count). The predicted molar refractivity (Wildman–Crippen MR) is 67.1 cm³/mol. The molecule has 1 aliphatic rings. The number of rotatable bonds is 1. The zero-order valence-electron chi connectivity index (χ0n) is 10.5. The van der Waals surface area contributed by atoms with Crippen molar-refractivity contribution in [2.75, 3.05) is 7.11 Å². The first kappa shape index (κ1) is 11.8. The molecule has 1 atom stereocenters. The summed E-state index contributed by atoms with van der Waals surface area (Å²) < 4.78 is 15.6. The Labute approximate surface area is 109 Å². The summed E-state index contributed by atoms with van der Waals surface area (Å²) in [5.41, 5.74) is 0.313. The minimum absolute atomic E-state index is 0.127. The van der Waals surface area contributed by atoms with Crippen molar-refractivity contribution in [3.05, 3.63) is 35.9 Å². The topological polar surface area (TPSA) is 65.0 Å². The van der Waals surface area contributed by atoms with Crippen LogP contribution in [0.15, 0.2) is 30.3 Å². The second-order valence-corrected chi connectivity index (χ2v) is 4.40. The molecular formula is C14H12O5. The Morgan fingerprint density at radius 1 is 1.26 bits per heavy atom. The average Bonchev–Trinajstić information content (AvgIpc) is 2.38. The number of hydrogen-bond donors (Lipinski definition) is 1. The molecule has 0 aromatic heterocycles. The van der Waals surface area contributed by atoms with E-state index < -0.39 is 11.9 Å². The van der Waals surface area contributed by atoms with Crippen LogP contribution in [0.5, 0.6) is 11.5 Å². The van der Waals surface area contributed by atoms with Crippen LogP contribution in [0.3, 0.4) is 0 Å². The van der Waals surface area contributed by atoms with Gasteiger partial charge in [-0.2, -0.15) is 0 Å². The lowest BCUT2D eigenvalue weighted by Crippen LogP contribution is -2.43. The molecule has 1 N–H and O–H groups in total. The summed E-state index contributed by atoms with van der Waals surface area (Å²) in [5, 5.41) is 11.2. The van der Waals surface area contributed by atoms with Crippen molar-refractivity contribution in [3.63, 3.8) is 0 Å². The Bertz CT molecular complexity index is 679. The van der Waals surface area contributed by atoms with Gasteiger partial charge in [-0.15, -0.1) is 0 Å². The number of phenolic OH excluding ortho intramolecular Hbond substituents is 1. The highest BCUT2D eigenvalue weighted by Gasteiger charge is 2.38. The molecule has 0 radical (unpaired) electrons. The second kappa shape index (κ2) is 3.86. The number of methoxy groups -OCH3 is 1. The Morgan fingerprint density at radius 2 is 2.05 bits per heavy atom. The van der Waals surface area contributed by atoms with Gasteiger partial charge in [-0.25, -0.2) is 4.79 Å². The molecule has 1 heterocycles. The first-order valence-electron chi connectivity index (χ1n) is 5.76. The van der Waals surface area contributed by atoms with Crippen LogP contribution in [0, 0.1) is 0 Å². The Balaban J connectivity index is 2.23. The summed E-state index contributed by atoms with van der Waals surface area (Å²) in [7, 11) is 1.39. The maximum Gasteiger partial charge on any atom is 0.370 e. The zero-order valence-corrected chi connectivity index (χ0v) is 10.5. The summed E-state index contributed by atoms with van der Waals surface area (Å²) in [6.45, 7) is 1.50. The molecule has 98 valence electrons. The summed E-state index contributed by atoms with van der Waals surface area (Å²) in [6, 6.07) is 8.32. The molecule has 2 aromatic carbocycles. The summed E-state index contributed by atoms with van der Waals surface area (Å²) in [4.78, 5) is 11.9. The fourth-order valence-electron chi connectivity index (χ4n) is 2.06. The van der Waals surface area contributed by atoms with Gasteiger partial charge in [0.15, 0.2) is 0 Å². The number of carbonyl (C=O) groups is 1. The third kappa shape index (κ3) is 1.79. The van der Waals surface area contributed by atoms with Gasteiger partial charge in [0, 0.05) is 19.4 Å². The normalized spacial score (nSPS) is 21.7. The first-order chi connectivity index (χ1) is 9.02. The van der Waals surface area contributed by atoms with Crippen LogP contribution in [0.25, 0.3) is 10.8 Å². The van der Waals surface area contributed by atoms with Gasteiger partial charge in [0.2, 0.25) is 0 Å². The molecule has 0 saturated heterocycles. The second-order valence-electron chi connectivity index (χ2n) is 4.40. The van der Waals surface area contributed by atoms with Gasteiger partial charge in [0.05, 0.1) is 0 Å². The van der Waals surface area contributed by atoms with E-state index in [1.54, 1.807) is 30.3 Å². The largest absolute Gasteiger partial charge is 0.507 e. The van der Waals surface area contributed by atoms with Crippen LogP contribution < -0.4 is 4.74 Å². The fourth-order valence-corrected chi connectivity index (χ4v) is 2.06. The standard InChI is InChI=1S/C14H12O5/c1-14(17-2)18-12-7-9-8(4-3-5-11(9)15)6-10(12)13(16)19-14/h3-7,15H,1-2H3. The van der Waals surface area contributed by atoms with Crippen LogP contribution in [0.2, 0.25) is 0 Å². The van der Waals surface area contributed by atoms with Crippen LogP contribution >= 0.6 is 0 Å². The zero-order chi connectivity index (χ0) is 13.6. The summed E-state index contributed by atoms with van der Waals surface area (Å²) in [5.74, 6) is -1.50. The quantitative estimate of drug-likeness (QED) is 0.798. The maximum absolute atomic E-state index is 11.9. The first-order valence-corrected chi connectivity index (χ1v) is 5.76. The number of benzene rings is 2. The van der Waals surface area contributed by atoms with Crippen LogP contribution in [-0.2, 0) is 9.47 Å². The van der Waals surface area contributed by atoms with Gasteiger partial charge in [-0.3, -0.25) is 0 Å². The number of esters is 1. The molecule has 2 aromatic rings. The average molecular weight is 260 g/mol. The van der Waals surface area contributed by atoms with E-state index in [2.05, 4.69) is 0 Å². The van der Waals surface area contributed by atoms with E-state index >= 15 is 0 Å². The molecule has 1 aliphatic heterocycles. The van der Waals surface area contributed by atoms with Crippen molar-refractivity contribution < 1.29 is 24.1 Å². The summed E-state index contributed by atoms with van der Waals surface area (Å²) >= 11 is 0. The third-order valence-electron chi connectivity index (χ3n) is 3.12. The molecule has 0 fully saturated rings. The van der Waals surface area contributed by atoms with Crippen molar-refractivity contribution in [2.45, 2.75) is 12.9 Å². The molecule has 5 heteroatoms. The van der Waals surface area contributed by atoms with Crippen molar-refractivity contribution in [1.29, 1.82) is 0 Å². The number of carbonyl (C=O) groups excluding carboxylic acids is 1. The molecule has 5 nitrogen and oxygen atoms in total. The SMILES string of the molecule is COC1(C)OC(=O)c2cc3cccc(O)c3cc2O1. The van der Waals surface area contributed by atoms with Crippen molar-refractivity contribution in [2.24, 2.45) is 0 Å². The maximum atomic E-state index is 11.9. The molecule has 0 saturated carbocycles. The minimum Gasteiger partial charge on any atom is -0.507 e. The van der Waals surface area contributed by atoms with Crippen LogP contribution in [-0.4, -0.2) is 24.2 Å². The lowest BCUT2D eigenvalue weighted by atomic mass is 10.0. The van der Waals surface area contributed by atoms with Gasteiger partial charge in [-0.1, -0.05) is 12.1 Å². The van der Waals surface area contributed by atoms with Gasteiger partial charge in [-0.05, 0) is 23.6 Å². The Morgan fingerprint density at radius 3 is 2.79 bits per heavy atom. The van der Waals surface area contributed by atoms with Gasteiger partial charge in [0.25, 0.3) is 0 Å². The Hall–Kier alpha value is -2.27. The van der Waals surface area contributed by atoms with E-state index in [0.717, 1.165) is 5.39 Å². The lowest BCUT2D eigenvalue weighted by molar-refractivity contribution is -0.297. The number of fused-ring (bicyclic) bond motifs is 2. The van der Waals surface area contributed by atoms with Crippen LogP contribution in [0.4, 0.5) is 0 Å². The van der Waals surface area contributed by atoms with E-state index in [1.165, 1.54) is 14.0 Å². The number of aromatic hydroxyl groups is 1. The molecule has 0 spiro atoms. The van der Waals surface area contributed by atoms with Crippen LogP contribution in [0.1, 0.15) is 17.3 Å². The van der Waals surface area contributed by atoms with E-state index in [9.17, 15) is 9.90 Å². The number of phenols is 1. The van der Waals surface area contributed by atoms with E-state index in [0.29, 0.717) is 16.7 Å². The molecule has 0 bridgehead atoms. The van der Waals surface area contributed by atoms with E-state index in [4.69, 9.17) is 14.2 Å².